The maximum Gasteiger partial charge on any atom is 0.0686 e. The molecule has 0 radical (unpaired) electrons. The van der Waals surface area contributed by atoms with Crippen molar-refractivity contribution in [3.05, 3.63) is 0 Å². The van der Waals surface area contributed by atoms with Gasteiger partial charge in [-0.25, -0.2) is 0 Å². The summed E-state index contributed by atoms with van der Waals surface area (Å²) >= 11 is 0. The Bertz CT molecular complexity index is 196. The molecule has 2 saturated carbocycles. The Balaban J connectivity index is 1.95. The van der Waals surface area contributed by atoms with Crippen molar-refractivity contribution >= 4 is 0 Å². The molecule has 0 bridgehead atoms. The zero-order valence-corrected chi connectivity index (χ0v) is 10.4. The predicted molar refractivity (Wildman–Crippen MR) is 64.0 cm³/mol. The Labute approximate surface area is 94.6 Å². The average Bonchev–Trinajstić information content (AvgIpc) is 2.70. The van der Waals surface area contributed by atoms with Gasteiger partial charge in [-0.15, -0.1) is 0 Å². The van der Waals surface area contributed by atoms with Gasteiger partial charge >= 0.3 is 0 Å². The predicted octanol–water partition coefficient (Wildman–Crippen LogP) is 4.30. The molecule has 0 heterocycles. The van der Waals surface area contributed by atoms with Gasteiger partial charge < -0.3 is 4.74 Å². The minimum atomic E-state index is 0.210. The second-order valence-electron chi connectivity index (χ2n) is 5.69. The van der Waals surface area contributed by atoms with Crippen LogP contribution in [0.25, 0.3) is 0 Å². The van der Waals surface area contributed by atoms with Crippen LogP contribution in [0.4, 0.5) is 0 Å². The van der Waals surface area contributed by atoms with E-state index in [0.717, 1.165) is 5.92 Å². The molecule has 88 valence electrons. The van der Waals surface area contributed by atoms with Crippen LogP contribution in [0.15, 0.2) is 0 Å². The van der Waals surface area contributed by atoms with Gasteiger partial charge in [0.25, 0.3) is 0 Å². The fourth-order valence-corrected chi connectivity index (χ4v) is 3.55. The quantitative estimate of drug-likeness (QED) is 0.674. The van der Waals surface area contributed by atoms with Crippen molar-refractivity contribution in [2.75, 3.05) is 0 Å². The molecular formula is C14H26O. The molecule has 0 aromatic carbocycles. The summed E-state index contributed by atoms with van der Waals surface area (Å²) in [6.07, 6.45) is 12.8. The summed E-state index contributed by atoms with van der Waals surface area (Å²) in [5.74, 6) is 0.812. The molecule has 2 atom stereocenters. The van der Waals surface area contributed by atoms with Crippen molar-refractivity contribution in [1.82, 2.24) is 0 Å². The van der Waals surface area contributed by atoms with Crippen LogP contribution in [0.3, 0.4) is 0 Å². The summed E-state index contributed by atoms with van der Waals surface area (Å²) in [6.45, 7) is 4.70. The maximum atomic E-state index is 6.44. The van der Waals surface area contributed by atoms with Gasteiger partial charge in [0.2, 0.25) is 0 Å². The number of ether oxygens (including phenoxy) is 1. The van der Waals surface area contributed by atoms with Gasteiger partial charge in [0.05, 0.1) is 11.7 Å². The van der Waals surface area contributed by atoms with Gasteiger partial charge in [-0.1, -0.05) is 39.0 Å². The van der Waals surface area contributed by atoms with E-state index >= 15 is 0 Å². The molecular weight excluding hydrogens is 184 g/mol. The highest BCUT2D eigenvalue weighted by atomic mass is 16.5. The molecule has 0 saturated heterocycles. The summed E-state index contributed by atoms with van der Waals surface area (Å²) in [5, 5.41) is 0. The lowest BCUT2D eigenvalue weighted by Crippen LogP contribution is -2.42. The van der Waals surface area contributed by atoms with E-state index < -0.39 is 0 Å². The van der Waals surface area contributed by atoms with Crippen LogP contribution in [0.1, 0.15) is 71.6 Å². The third-order valence-electron chi connectivity index (χ3n) is 4.57. The van der Waals surface area contributed by atoms with Crippen molar-refractivity contribution in [3.63, 3.8) is 0 Å². The first-order chi connectivity index (χ1) is 7.24. The van der Waals surface area contributed by atoms with Crippen molar-refractivity contribution < 1.29 is 4.74 Å². The van der Waals surface area contributed by atoms with E-state index in [1.807, 2.05) is 0 Å². The SMILES string of the molecule is CCC1CCCCC1(C)OC1CCCC1. The fourth-order valence-electron chi connectivity index (χ4n) is 3.55. The third kappa shape index (κ3) is 2.55. The molecule has 0 spiro atoms. The molecule has 2 fully saturated rings. The number of rotatable bonds is 3. The molecule has 2 rings (SSSR count). The van der Waals surface area contributed by atoms with Crippen molar-refractivity contribution in [2.45, 2.75) is 83.3 Å². The van der Waals surface area contributed by atoms with Crippen LogP contribution in [0.5, 0.6) is 0 Å². The zero-order chi connectivity index (χ0) is 10.7. The molecule has 0 amide bonds. The van der Waals surface area contributed by atoms with E-state index in [9.17, 15) is 0 Å². The molecule has 0 aromatic heterocycles. The minimum Gasteiger partial charge on any atom is -0.372 e. The molecule has 0 aromatic rings. The van der Waals surface area contributed by atoms with Gasteiger partial charge in [0, 0.05) is 0 Å². The van der Waals surface area contributed by atoms with Crippen LogP contribution in [-0.4, -0.2) is 11.7 Å². The largest absolute Gasteiger partial charge is 0.372 e. The number of hydrogen-bond acceptors (Lipinski definition) is 1. The summed E-state index contributed by atoms with van der Waals surface area (Å²) in [4.78, 5) is 0. The van der Waals surface area contributed by atoms with Gasteiger partial charge in [-0.2, -0.15) is 0 Å². The molecule has 0 aliphatic heterocycles. The topological polar surface area (TPSA) is 9.23 Å². The average molecular weight is 210 g/mol. The third-order valence-corrected chi connectivity index (χ3v) is 4.57. The van der Waals surface area contributed by atoms with Crippen LogP contribution >= 0.6 is 0 Å². The first kappa shape index (κ1) is 11.4. The van der Waals surface area contributed by atoms with Crippen molar-refractivity contribution in [1.29, 1.82) is 0 Å². The second kappa shape index (κ2) is 4.86. The Morgan fingerprint density at radius 3 is 2.40 bits per heavy atom. The summed E-state index contributed by atoms with van der Waals surface area (Å²) < 4.78 is 6.44. The highest BCUT2D eigenvalue weighted by Crippen LogP contribution is 2.41. The first-order valence-electron chi connectivity index (χ1n) is 6.92. The lowest BCUT2D eigenvalue weighted by molar-refractivity contribution is -0.132. The molecule has 2 aliphatic rings. The standard InChI is InChI=1S/C14H26O/c1-3-12-8-6-7-11-14(12,2)15-13-9-4-5-10-13/h12-13H,3-11H2,1-2H3. The van der Waals surface area contributed by atoms with E-state index in [0.29, 0.717) is 6.10 Å². The minimum absolute atomic E-state index is 0.210. The molecule has 2 aliphatic carbocycles. The first-order valence-corrected chi connectivity index (χ1v) is 6.92. The summed E-state index contributed by atoms with van der Waals surface area (Å²) in [7, 11) is 0. The van der Waals surface area contributed by atoms with E-state index in [4.69, 9.17) is 4.74 Å². The molecule has 1 heteroatoms. The molecule has 15 heavy (non-hydrogen) atoms. The maximum absolute atomic E-state index is 6.44. The second-order valence-corrected chi connectivity index (χ2v) is 5.69. The van der Waals surface area contributed by atoms with Crippen LogP contribution in [0.2, 0.25) is 0 Å². The monoisotopic (exact) mass is 210 g/mol. The van der Waals surface area contributed by atoms with Crippen molar-refractivity contribution in [3.8, 4) is 0 Å². The molecule has 1 nitrogen and oxygen atoms in total. The van der Waals surface area contributed by atoms with Crippen LogP contribution in [-0.2, 0) is 4.74 Å². The van der Waals surface area contributed by atoms with Crippen LogP contribution in [0, 0.1) is 5.92 Å². The van der Waals surface area contributed by atoms with Gasteiger partial charge in [0.15, 0.2) is 0 Å². The zero-order valence-electron chi connectivity index (χ0n) is 10.4. The van der Waals surface area contributed by atoms with Crippen molar-refractivity contribution in [2.24, 2.45) is 5.92 Å². The Morgan fingerprint density at radius 1 is 1.07 bits per heavy atom. The van der Waals surface area contributed by atoms with E-state index in [-0.39, 0.29) is 5.60 Å². The van der Waals surface area contributed by atoms with E-state index in [2.05, 4.69) is 13.8 Å². The summed E-state index contributed by atoms with van der Waals surface area (Å²) in [5.41, 5.74) is 0.210. The Kier molecular flexibility index (Phi) is 3.71. The van der Waals surface area contributed by atoms with Gasteiger partial charge in [-0.3, -0.25) is 0 Å². The molecule has 2 unspecified atom stereocenters. The van der Waals surface area contributed by atoms with E-state index in [1.54, 1.807) is 0 Å². The number of hydrogen-bond donors (Lipinski definition) is 0. The molecule has 0 N–H and O–H groups in total. The normalized spacial score (nSPS) is 38.4. The lowest BCUT2D eigenvalue weighted by atomic mass is 9.75. The highest BCUT2D eigenvalue weighted by molar-refractivity contribution is 4.89. The fraction of sp³-hybridized carbons (Fsp3) is 1.00. The Hall–Kier alpha value is -0.0400. The lowest BCUT2D eigenvalue weighted by Gasteiger charge is -2.43. The smallest absolute Gasteiger partial charge is 0.0686 e. The summed E-state index contributed by atoms with van der Waals surface area (Å²) in [6, 6.07) is 0. The van der Waals surface area contributed by atoms with Gasteiger partial charge in [0.1, 0.15) is 0 Å². The van der Waals surface area contributed by atoms with Gasteiger partial charge in [-0.05, 0) is 38.5 Å². The highest BCUT2D eigenvalue weighted by Gasteiger charge is 2.38. The Morgan fingerprint density at radius 2 is 1.73 bits per heavy atom. The van der Waals surface area contributed by atoms with E-state index in [1.165, 1.54) is 57.8 Å². The van der Waals surface area contributed by atoms with Crippen LogP contribution < -0.4 is 0 Å².